The predicted molar refractivity (Wildman–Crippen MR) is 115 cm³/mol. The number of unbranched alkanes of at least 4 members (excludes halogenated alkanes) is 3. The van der Waals surface area contributed by atoms with Gasteiger partial charge in [-0.15, -0.1) is 0 Å². The summed E-state index contributed by atoms with van der Waals surface area (Å²) in [5.41, 5.74) is 10.1. The SMILES string of the molecule is CCCCCc1cc2c(CCCCN(C)C(C)(C)C)cccc2nc1N. The summed E-state index contributed by atoms with van der Waals surface area (Å²) in [6.07, 6.45) is 8.23. The molecule has 2 N–H and O–H groups in total. The van der Waals surface area contributed by atoms with Gasteiger partial charge in [0.25, 0.3) is 0 Å². The molecular formula is C23H37N3. The summed E-state index contributed by atoms with van der Waals surface area (Å²) >= 11 is 0. The zero-order valence-electron chi connectivity index (χ0n) is 17.4. The first-order chi connectivity index (χ1) is 12.3. The van der Waals surface area contributed by atoms with Crippen LogP contribution in [0.1, 0.15) is 70.9 Å². The van der Waals surface area contributed by atoms with Gasteiger partial charge >= 0.3 is 0 Å². The lowest BCUT2D eigenvalue weighted by Gasteiger charge is -2.31. The molecule has 0 spiro atoms. The zero-order valence-corrected chi connectivity index (χ0v) is 17.4. The molecule has 0 saturated carbocycles. The molecule has 0 aliphatic heterocycles. The summed E-state index contributed by atoms with van der Waals surface area (Å²) in [7, 11) is 2.22. The molecule has 0 aliphatic carbocycles. The molecule has 0 amide bonds. The standard InChI is InChI=1S/C23H37N3/c1-6-7-8-13-19-17-20-18(14-11-15-21(20)25-22(19)24)12-9-10-16-26(5)23(2,3)4/h11,14-15,17H,6-10,12-13,16H2,1-5H3,(H2,24,25). The number of pyridine rings is 1. The van der Waals surface area contributed by atoms with Gasteiger partial charge in [0.1, 0.15) is 5.82 Å². The second kappa shape index (κ2) is 9.36. The highest BCUT2D eigenvalue weighted by atomic mass is 15.1. The number of fused-ring (bicyclic) bond motifs is 1. The highest BCUT2D eigenvalue weighted by Gasteiger charge is 2.16. The lowest BCUT2D eigenvalue weighted by molar-refractivity contribution is 0.173. The number of benzene rings is 1. The molecule has 3 heteroatoms. The number of nitrogen functional groups attached to an aromatic ring is 1. The van der Waals surface area contributed by atoms with Crippen LogP contribution in [0.2, 0.25) is 0 Å². The Morgan fingerprint density at radius 2 is 1.69 bits per heavy atom. The minimum atomic E-state index is 0.244. The van der Waals surface area contributed by atoms with Crippen LogP contribution >= 0.6 is 0 Å². The first kappa shape index (κ1) is 20.7. The summed E-state index contributed by atoms with van der Waals surface area (Å²) in [6, 6.07) is 8.74. The van der Waals surface area contributed by atoms with E-state index in [1.807, 2.05) is 0 Å². The maximum absolute atomic E-state index is 6.20. The molecule has 2 aromatic rings. The quantitative estimate of drug-likeness (QED) is 0.595. The van der Waals surface area contributed by atoms with Crippen molar-refractivity contribution in [2.75, 3.05) is 19.3 Å². The molecule has 1 aromatic heterocycles. The molecule has 0 radical (unpaired) electrons. The van der Waals surface area contributed by atoms with Gasteiger partial charge in [-0.3, -0.25) is 0 Å². The molecule has 1 heterocycles. The average Bonchev–Trinajstić information content (AvgIpc) is 2.58. The van der Waals surface area contributed by atoms with Crippen LogP contribution in [-0.4, -0.2) is 29.0 Å². The van der Waals surface area contributed by atoms with Crippen molar-refractivity contribution < 1.29 is 0 Å². The second-order valence-corrected chi connectivity index (χ2v) is 8.52. The number of aryl methyl sites for hydroxylation is 2. The number of aromatic nitrogens is 1. The molecule has 0 saturated heterocycles. The number of nitrogens with zero attached hydrogens (tertiary/aromatic N) is 2. The fraction of sp³-hybridized carbons (Fsp3) is 0.609. The first-order valence-electron chi connectivity index (χ1n) is 10.2. The third kappa shape index (κ3) is 5.70. The van der Waals surface area contributed by atoms with E-state index in [2.05, 4.69) is 68.9 Å². The van der Waals surface area contributed by atoms with Crippen molar-refractivity contribution >= 4 is 16.7 Å². The van der Waals surface area contributed by atoms with E-state index < -0.39 is 0 Å². The van der Waals surface area contributed by atoms with Crippen molar-refractivity contribution in [3.8, 4) is 0 Å². The fourth-order valence-electron chi connectivity index (χ4n) is 3.30. The molecule has 0 fully saturated rings. The summed E-state index contributed by atoms with van der Waals surface area (Å²) in [5, 5.41) is 1.29. The van der Waals surface area contributed by atoms with Gasteiger partial charge in [0, 0.05) is 10.9 Å². The average molecular weight is 356 g/mol. The van der Waals surface area contributed by atoms with Crippen LogP contribution < -0.4 is 5.73 Å². The zero-order chi connectivity index (χ0) is 19.2. The topological polar surface area (TPSA) is 42.2 Å². The van der Waals surface area contributed by atoms with Gasteiger partial charge in [-0.05, 0) is 89.7 Å². The van der Waals surface area contributed by atoms with Crippen LogP contribution in [0.15, 0.2) is 24.3 Å². The third-order valence-corrected chi connectivity index (χ3v) is 5.45. The Kier molecular flexibility index (Phi) is 7.45. The molecule has 26 heavy (non-hydrogen) atoms. The normalized spacial score (nSPS) is 12.2. The Morgan fingerprint density at radius 1 is 1.00 bits per heavy atom. The van der Waals surface area contributed by atoms with E-state index >= 15 is 0 Å². The van der Waals surface area contributed by atoms with Gasteiger partial charge in [-0.1, -0.05) is 31.9 Å². The summed E-state index contributed by atoms with van der Waals surface area (Å²) in [4.78, 5) is 7.11. The highest BCUT2D eigenvalue weighted by molar-refractivity contribution is 5.84. The van der Waals surface area contributed by atoms with E-state index in [0.29, 0.717) is 5.82 Å². The Bertz CT molecular complexity index is 700. The van der Waals surface area contributed by atoms with Crippen molar-refractivity contribution in [2.24, 2.45) is 0 Å². The Hall–Kier alpha value is -1.61. The Labute approximate surface area is 160 Å². The molecule has 0 aliphatic rings. The fourth-order valence-corrected chi connectivity index (χ4v) is 3.30. The lowest BCUT2D eigenvalue weighted by Crippen LogP contribution is -2.38. The number of rotatable bonds is 9. The molecule has 0 atom stereocenters. The largest absolute Gasteiger partial charge is 0.383 e. The maximum Gasteiger partial charge on any atom is 0.127 e. The minimum Gasteiger partial charge on any atom is -0.383 e. The first-order valence-corrected chi connectivity index (χ1v) is 10.2. The van der Waals surface area contributed by atoms with Crippen LogP contribution in [0, 0.1) is 0 Å². The van der Waals surface area contributed by atoms with Crippen molar-refractivity contribution in [2.45, 2.75) is 78.2 Å². The number of nitrogens with two attached hydrogens (primary N) is 1. The van der Waals surface area contributed by atoms with Crippen LogP contribution in [-0.2, 0) is 12.8 Å². The van der Waals surface area contributed by atoms with Crippen LogP contribution in [0.25, 0.3) is 10.9 Å². The van der Waals surface area contributed by atoms with Crippen LogP contribution in [0.3, 0.4) is 0 Å². The Balaban J connectivity index is 2.06. The minimum absolute atomic E-state index is 0.244. The predicted octanol–water partition coefficient (Wildman–Crippen LogP) is 5.60. The molecule has 3 nitrogen and oxygen atoms in total. The van der Waals surface area contributed by atoms with Crippen LogP contribution in [0.5, 0.6) is 0 Å². The van der Waals surface area contributed by atoms with Gasteiger partial charge < -0.3 is 10.6 Å². The van der Waals surface area contributed by atoms with Crippen molar-refractivity contribution in [3.63, 3.8) is 0 Å². The Morgan fingerprint density at radius 3 is 2.38 bits per heavy atom. The van der Waals surface area contributed by atoms with E-state index in [0.717, 1.165) is 24.9 Å². The smallest absolute Gasteiger partial charge is 0.127 e. The number of hydrogen-bond donors (Lipinski definition) is 1. The van der Waals surface area contributed by atoms with E-state index in [1.54, 1.807) is 0 Å². The van der Waals surface area contributed by atoms with E-state index in [-0.39, 0.29) is 5.54 Å². The molecule has 1 aromatic carbocycles. The summed E-state index contributed by atoms with van der Waals surface area (Å²) < 4.78 is 0. The van der Waals surface area contributed by atoms with Gasteiger partial charge in [0.15, 0.2) is 0 Å². The maximum atomic E-state index is 6.20. The van der Waals surface area contributed by atoms with Crippen molar-refractivity contribution in [3.05, 3.63) is 35.4 Å². The summed E-state index contributed by atoms with van der Waals surface area (Å²) in [6.45, 7) is 10.2. The molecule has 144 valence electrons. The number of anilines is 1. The highest BCUT2D eigenvalue weighted by Crippen LogP contribution is 2.25. The monoisotopic (exact) mass is 355 g/mol. The number of hydrogen-bond acceptors (Lipinski definition) is 3. The molecular weight excluding hydrogens is 318 g/mol. The van der Waals surface area contributed by atoms with Gasteiger partial charge in [-0.25, -0.2) is 4.98 Å². The van der Waals surface area contributed by atoms with Gasteiger partial charge in [-0.2, -0.15) is 0 Å². The van der Waals surface area contributed by atoms with E-state index in [1.165, 1.54) is 48.6 Å². The molecule has 2 rings (SSSR count). The van der Waals surface area contributed by atoms with Crippen molar-refractivity contribution in [1.82, 2.24) is 9.88 Å². The summed E-state index contributed by atoms with van der Waals surface area (Å²) in [5.74, 6) is 0.706. The van der Waals surface area contributed by atoms with Gasteiger partial charge in [0.2, 0.25) is 0 Å². The van der Waals surface area contributed by atoms with E-state index in [4.69, 9.17) is 5.73 Å². The van der Waals surface area contributed by atoms with Crippen LogP contribution in [0.4, 0.5) is 5.82 Å². The lowest BCUT2D eigenvalue weighted by atomic mass is 9.99. The molecule has 0 bridgehead atoms. The third-order valence-electron chi connectivity index (χ3n) is 5.45. The second-order valence-electron chi connectivity index (χ2n) is 8.52. The van der Waals surface area contributed by atoms with E-state index in [9.17, 15) is 0 Å². The molecule has 0 unspecified atom stereocenters. The van der Waals surface area contributed by atoms with Gasteiger partial charge in [0.05, 0.1) is 5.52 Å². The van der Waals surface area contributed by atoms with Crippen molar-refractivity contribution in [1.29, 1.82) is 0 Å².